The van der Waals surface area contributed by atoms with Gasteiger partial charge in [0.15, 0.2) is 0 Å². The van der Waals surface area contributed by atoms with E-state index in [-0.39, 0.29) is 5.91 Å². The van der Waals surface area contributed by atoms with Crippen LogP contribution in [0.15, 0.2) is 12.4 Å². The summed E-state index contributed by atoms with van der Waals surface area (Å²) in [6, 6.07) is 0.542. The van der Waals surface area contributed by atoms with Crippen LogP contribution in [0.4, 0.5) is 5.82 Å². The summed E-state index contributed by atoms with van der Waals surface area (Å²) in [5, 5.41) is 6.07. The number of amides is 1. The van der Waals surface area contributed by atoms with Crippen LogP contribution < -0.4 is 10.6 Å². The Kier molecular flexibility index (Phi) is 4.68. The summed E-state index contributed by atoms with van der Waals surface area (Å²) in [4.78, 5) is 22.2. The molecule has 1 fully saturated rings. The molecule has 104 valence electrons. The Bertz CT molecular complexity index is 414. The van der Waals surface area contributed by atoms with Gasteiger partial charge in [0.05, 0.1) is 12.4 Å². The number of anilines is 1. The van der Waals surface area contributed by atoms with Crippen molar-refractivity contribution in [2.45, 2.75) is 25.3 Å². The monoisotopic (exact) mass is 263 g/mol. The summed E-state index contributed by atoms with van der Waals surface area (Å²) in [6.45, 7) is 1.61. The summed E-state index contributed by atoms with van der Waals surface area (Å²) >= 11 is 0. The van der Waals surface area contributed by atoms with Crippen LogP contribution in [0.1, 0.15) is 29.8 Å². The molecule has 1 heterocycles. The minimum absolute atomic E-state index is 0.163. The molecule has 6 nitrogen and oxygen atoms in total. The molecule has 0 atom stereocenters. The smallest absolute Gasteiger partial charge is 0.271 e. The van der Waals surface area contributed by atoms with Crippen molar-refractivity contribution in [1.29, 1.82) is 0 Å². The normalized spacial score (nSPS) is 14.5. The van der Waals surface area contributed by atoms with Gasteiger partial charge in [-0.25, -0.2) is 9.97 Å². The van der Waals surface area contributed by atoms with Gasteiger partial charge in [-0.3, -0.25) is 4.79 Å². The van der Waals surface area contributed by atoms with Gasteiger partial charge >= 0.3 is 0 Å². The van der Waals surface area contributed by atoms with Crippen molar-refractivity contribution in [1.82, 2.24) is 20.2 Å². The van der Waals surface area contributed by atoms with Gasteiger partial charge in [0.2, 0.25) is 0 Å². The van der Waals surface area contributed by atoms with Crippen molar-refractivity contribution in [3.05, 3.63) is 18.1 Å². The molecule has 2 N–H and O–H groups in total. The molecule has 1 aromatic heterocycles. The van der Waals surface area contributed by atoms with E-state index in [4.69, 9.17) is 0 Å². The highest BCUT2D eigenvalue weighted by Gasteiger charge is 2.21. The summed E-state index contributed by atoms with van der Waals surface area (Å²) in [6.07, 6.45) is 6.44. The summed E-state index contributed by atoms with van der Waals surface area (Å²) in [5.41, 5.74) is 0.367. The number of carbonyl (C=O) groups is 1. The maximum Gasteiger partial charge on any atom is 0.271 e. The van der Waals surface area contributed by atoms with E-state index in [0.29, 0.717) is 18.3 Å². The molecule has 1 aliphatic rings. The molecule has 1 saturated carbocycles. The number of carbonyl (C=O) groups excluding carboxylic acids is 1. The van der Waals surface area contributed by atoms with Crippen LogP contribution in [0.5, 0.6) is 0 Å². The largest absolute Gasteiger partial charge is 0.366 e. The maximum absolute atomic E-state index is 11.8. The van der Waals surface area contributed by atoms with E-state index in [2.05, 4.69) is 25.5 Å². The predicted octanol–water partition coefficient (Wildman–Crippen LogP) is 0.732. The summed E-state index contributed by atoms with van der Waals surface area (Å²) in [7, 11) is 4.03. The third-order valence-electron chi connectivity index (χ3n) is 2.88. The second kappa shape index (κ2) is 6.47. The highest BCUT2D eigenvalue weighted by Crippen LogP contribution is 2.22. The average molecular weight is 263 g/mol. The van der Waals surface area contributed by atoms with E-state index < -0.39 is 0 Å². The van der Waals surface area contributed by atoms with Crippen LogP contribution in [0, 0.1) is 0 Å². The number of aromatic nitrogens is 2. The van der Waals surface area contributed by atoms with Gasteiger partial charge in [-0.15, -0.1) is 0 Å². The van der Waals surface area contributed by atoms with E-state index >= 15 is 0 Å². The first kappa shape index (κ1) is 13.7. The van der Waals surface area contributed by atoms with Gasteiger partial charge in [-0.2, -0.15) is 0 Å². The van der Waals surface area contributed by atoms with Crippen LogP contribution in [-0.2, 0) is 0 Å². The van der Waals surface area contributed by atoms with Crippen LogP contribution in [0.3, 0.4) is 0 Å². The number of hydrogen-bond donors (Lipinski definition) is 2. The third kappa shape index (κ3) is 4.82. The van der Waals surface area contributed by atoms with Crippen LogP contribution in [-0.4, -0.2) is 54.0 Å². The molecule has 0 bridgehead atoms. The highest BCUT2D eigenvalue weighted by molar-refractivity contribution is 5.91. The van der Waals surface area contributed by atoms with Crippen molar-refractivity contribution in [2.24, 2.45) is 0 Å². The topological polar surface area (TPSA) is 70.2 Å². The third-order valence-corrected chi connectivity index (χ3v) is 2.88. The Labute approximate surface area is 113 Å². The van der Waals surface area contributed by atoms with Crippen molar-refractivity contribution in [2.75, 3.05) is 32.5 Å². The molecule has 0 unspecified atom stereocenters. The highest BCUT2D eigenvalue weighted by atomic mass is 16.1. The number of hydrogen-bond acceptors (Lipinski definition) is 5. The fraction of sp³-hybridized carbons (Fsp3) is 0.615. The van der Waals surface area contributed by atoms with Crippen LogP contribution in [0.25, 0.3) is 0 Å². The molecule has 1 aliphatic carbocycles. The number of rotatable bonds is 7. The van der Waals surface area contributed by atoms with Gasteiger partial charge < -0.3 is 15.5 Å². The molecular formula is C13H21N5O. The SMILES string of the molecule is CN(C)CCCNC(=O)c1cnc(NC2CC2)cn1. The zero-order valence-corrected chi connectivity index (χ0v) is 11.5. The van der Waals surface area contributed by atoms with Crippen LogP contribution in [0.2, 0.25) is 0 Å². The first-order valence-electron chi connectivity index (χ1n) is 6.66. The molecule has 0 saturated heterocycles. The number of nitrogens with one attached hydrogen (secondary N) is 2. The van der Waals surface area contributed by atoms with Gasteiger partial charge in [0.25, 0.3) is 5.91 Å². The second-order valence-corrected chi connectivity index (χ2v) is 5.12. The molecule has 1 amide bonds. The van der Waals surface area contributed by atoms with E-state index in [0.717, 1.165) is 18.8 Å². The molecule has 0 aliphatic heterocycles. The van der Waals surface area contributed by atoms with Gasteiger partial charge in [0, 0.05) is 12.6 Å². The lowest BCUT2D eigenvalue weighted by molar-refractivity contribution is 0.0947. The predicted molar refractivity (Wildman–Crippen MR) is 74.2 cm³/mol. The Balaban J connectivity index is 1.75. The molecular weight excluding hydrogens is 242 g/mol. The van der Waals surface area contributed by atoms with Gasteiger partial charge in [-0.05, 0) is 39.9 Å². The Morgan fingerprint density at radius 2 is 2.16 bits per heavy atom. The first-order chi connectivity index (χ1) is 9.15. The fourth-order valence-electron chi connectivity index (χ4n) is 1.64. The molecule has 0 radical (unpaired) electrons. The first-order valence-corrected chi connectivity index (χ1v) is 6.66. The second-order valence-electron chi connectivity index (χ2n) is 5.12. The van der Waals surface area contributed by atoms with E-state index in [1.807, 2.05) is 14.1 Å². The summed E-state index contributed by atoms with van der Waals surface area (Å²) in [5.74, 6) is 0.580. The zero-order chi connectivity index (χ0) is 13.7. The summed E-state index contributed by atoms with van der Waals surface area (Å²) < 4.78 is 0. The van der Waals surface area contributed by atoms with E-state index in [9.17, 15) is 4.79 Å². The Hall–Kier alpha value is -1.69. The standard InChI is InChI=1S/C13H21N5O/c1-18(2)7-3-6-14-13(19)11-8-16-12(9-15-11)17-10-4-5-10/h8-10H,3-7H2,1-2H3,(H,14,19)(H,16,17). The lowest BCUT2D eigenvalue weighted by Crippen LogP contribution is -2.27. The van der Waals surface area contributed by atoms with Gasteiger partial charge in [-0.1, -0.05) is 0 Å². The van der Waals surface area contributed by atoms with Crippen molar-refractivity contribution >= 4 is 11.7 Å². The molecule has 1 aromatic rings. The van der Waals surface area contributed by atoms with Crippen molar-refractivity contribution in [3.63, 3.8) is 0 Å². The van der Waals surface area contributed by atoms with Crippen molar-refractivity contribution < 1.29 is 4.79 Å². The maximum atomic E-state index is 11.8. The molecule has 6 heteroatoms. The minimum Gasteiger partial charge on any atom is -0.366 e. The van der Waals surface area contributed by atoms with E-state index in [1.54, 1.807) is 6.20 Å². The zero-order valence-electron chi connectivity index (χ0n) is 11.5. The number of nitrogens with zero attached hydrogens (tertiary/aromatic N) is 3. The van der Waals surface area contributed by atoms with Gasteiger partial charge in [0.1, 0.15) is 11.5 Å². The lowest BCUT2D eigenvalue weighted by Gasteiger charge is -2.09. The molecule has 0 spiro atoms. The molecule has 0 aromatic carbocycles. The fourth-order valence-corrected chi connectivity index (χ4v) is 1.64. The molecule has 2 rings (SSSR count). The van der Waals surface area contributed by atoms with E-state index in [1.165, 1.54) is 19.0 Å². The van der Waals surface area contributed by atoms with Crippen LogP contribution >= 0.6 is 0 Å². The quantitative estimate of drug-likeness (QED) is 0.710. The molecule has 19 heavy (non-hydrogen) atoms. The van der Waals surface area contributed by atoms with Crippen molar-refractivity contribution in [3.8, 4) is 0 Å². The Morgan fingerprint density at radius 1 is 1.37 bits per heavy atom. The minimum atomic E-state index is -0.163. The average Bonchev–Trinajstić information content (AvgIpc) is 3.19. The Morgan fingerprint density at radius 3 is 2.74 bits per heavy atom. The lowest BCUT2D eigenvalue weighted by atomic mass is 10.3.